The van der Waals surface area contributed by atoms with E-state index < -0.39 is 0 Å². The van der Waals surface area contributed by atoms with Crippen molar-refractivity contribution in [2.45, 2.75) is 57.0 Å². The van der Waals surface area contributed by atoms with E-state index >= 15 is 0 Å². The van der Waals surface area contributed by atoms with E-state index in [9.17, 15) is 0 Å². The predicted molar refractivity (Wildman–Crippen MR) is 68.0 cm³/mol. The van der Waals surface area contributed by atoms with Gasteiger partial charge in [-0.1, -0.05) is 54.7 Å². The van der Waals surface area contributed by atoms with Crippen LogP contribution in [0.4, 0.5) is 0 Å². The molecule has 1 nitrogen and oxygen atoms in total. The van der Waals surface area contributed by atoms with Crippen LogP contribution in [0, 0.1) is 5.92 Å². The normalized spacial score (nSPS) is 26.4. The Balaban J connectivity index is 1.71. The first kappa shape index (κ1) is 11.2. The first-order valence-corrected chi connectivity index (χ1v) is 7.57. The van der Waals surface area contributed by atoms with Gasteiger partial charge in [0.25, 0.3) is 0 Å². The van der Waals surface area contributed by atoms with E-state index in [1.54, 1.807) is 0 Å². The molecule has 0 radical (unpaired) electrons. The molecule has 0 bridgehead atoms. The minimum absolute atomic E-state index is 0.272. The lowest BCUT2D eigenvalue weighted by Crippen LogP contribution is -2.37. The van der Waals surface area contributed by atoms with Gasteiger partial charge < -0.3 is 4.74 Å². The van der Waals surface area contributed by atoms with E-state index in [0.29, 0.717) is 0 Å². The van der Waals surface area contributed by atoms with E-state index in [1.807, 2.05) is 0 Å². The summed E-state index contributed by atoms with van der Waals surface area (Å²) >= 11 is 2.51. The molecule has 82 valence electrons. The highest BCUT2D eigenvalue weighted by molar-refractivity contribution is 14.1. The maximum atomic E-state index is 6.16. The third-order valence-corrected chi connectivity index (χ3v) is 5.03. The topological polar surface area (TPSA) is 9.23 Å². The largest absolute Gasteiger partial charge is 0.374 e. The lowest BCUT2D eigenvalue weighted by molar-refractivity contribution is -0.0522. The number of hydrogen-bond donors (Lipinski definition) is 0. The fourth-order valence-corrected chi connectivity index (χ4v) is 3.34. The van der Waals surface area contributed by atoms with Gasteiger partial charge in [-0.05, 0) is 25.2 Å². The maximum Gasteiger partial charge on any atom is 0.0771 e. The van der Waals surface area contributed by atoms with Crippen LogP contribution in [0.2, 0.25) is 0 Å². The number of ether oxygens (including phenoxy) is 1. The fourth-order valence-electron chi connectivity index (χ4n) is 2.36. The van der Waals surface area contributed by atoms with Crippen molar-refractivity contribution in [1.29, 1.82) is 0 Å². The van der Waals surface area contributed by atoms with Gasteiger partial charge in [0.05, 0.1) is 5.60 Å². The summed E-state index contributed by atoms with van der Waals surface area (Å²) in [5.74, 6) is 1.02. The Morgan fingerprint density at radius 1 is 1.14 bits per heavy atom. The van der Waals surface area contributed by atoms with Gasteiger partial charge in [-0.15, -0.1) is 0 Å². The second-order valence-corrected chi connectivity index (χ2v) is 5.72. The van der Waals surface area contributed by atoms with Crippen LogP contribution < -0.4 is 0 Å². The fraction of sp³-hybridized carbons (Fsp3) is 1.00. The Morgan fingerprint density at radius 3 is 2.43 bits per heavy atom. The van der Waals surface area contributed by atoms with Crippen molar-refractivity contribution in [1.82, 2.24) is 0 Å². The van der Waals surface area contributed by atoms with E-state index in [0.717, 1.165) is 12.5 Å². The standard InChI is InChI=1S/C12H21IO/c13-10-12(7-2-1-3-8-12)14-9-6-11-4-5-11/h11H,1-10H2. The van der Waals surface area contributed by atoms with Crippen LogP contribution in [0.5, 0.6) is 0 Å². The second kappa shape index (κ2) is 5.15. The van der Waals surface area contributed by atoms with Crippen LogP contribution in [-0.2, 0) is 4.74 Å². The summed E-state index contributed by atoms with van der Waals surface area (Å²) in [6.45, 7) is 1.02. The Labute approximate surface area is 101 Å². The Morgan fingerprint density at radius 2 is 1.86 bits per heavy atom. The summed E-state index contributed by atoms with van der Waals surface area (Å²) in [5.41, 5.74) is 0.272. The van der Waals surface area contributed by atoms with E-state index in [1.165, 1.54) is 55.8 Å². The van der Waals surface area contributed by atoms with Crippen molar-refractivity contribution in [2.75, 3.05) is 11.0 Å². The quantitative estimate of drug-likeness (QED) is 0.552. The minimum Gasteiger partial charge on any atom is -0.374 e. The van der Waals surface area contributed by atoms with Gasteiger partial charge in [0.15, 0.2) is 0 Å². The number of alkyl halides is 1. The van der Waals surface area contributed by atoms with Crippen LogP contribution >= 0.6 is 22.6 Å². The monoisotopic (exact) mass is 308 g/mol. The molecule has 0 aromatic carbocycles. The second-order valence-electron chi connectivity index (χ2n) is 4.96. The molecular formula is C12H21IO. The lowest BCUT2D eigenvalue weighted by atomic mass is 9.86. The van der Waals surface area contributed by atoms with Gasteiger partial charge in [0.1, 0.15) is 0 Å². The van der Waals surface area contributed by atoms with Gasteiger partial charge in [-0.2, -0.15) is 0 Å². The molecule has 0 atom stereocenters. The zero-order valence-electron chi connectivity index (χ0n) is 8.93. The molecule has 14 heavy (non-hydrogen) atoms. The van der Waals surface area contributed by atoms with Crippen molar-refractivity contribution in [2.24, 2.45) is 5.92 Å². The molecule has 0 aliphatic heterocycles. The van der Waals surface area contributed by atoms with Gasteiger partial charge >= 0.3 is 0 Å². The summed E-state index contributed by atoms with van der Waals surface area (Å²) in [7, 11) is 0. The first-order chi connectivity index (χ1) is 6.85. The molecule has 0 N–H and O–H groups in total. The van der Waals surface area contributed by atoms with E-state index in [2.05, 4.69) is 22.6 Å². The Bertz CT molecular complexity index is 171. The third-order valence-electron chi connectivity index (χ3n) is 3.64. The summed E-state index contributed by atoms with van der Waals surface area (Å²) in [4.78, 5) is 0. The van der Waals surface area contributed by atoms with Crippen LogP contribution in [-0.4, -0.2) is 16.6 Å². The zero-order chi connectivity index (χ0) is 9.86. The summed E-state index contributed by atoms with van der Waals surface area (Å²) in [6.07, 6.45) is 11.0. The molecule has 0 heterocycles. The summed E-state index contributed by atoms with van der Waals surface area (Å²) in [6, 6.07) is 0. The number of rotatable bonds is 5. The SMILES string of the molecule is ICC1(OCCC2CC2)CCCCC1. The Kier molecular flexibility index (Phi) is 4.11. The summed E-state index contributed by atoms with van der Waals surface area (Å²) < 4.78 is 7.35. The molecule has 2 rings (SSSR count). The van der Waals surface area contributed by atoms with Crippen LogP contribution in [0.1, 0.15) is 51.4 Å². The average molecular weight is 308 g/mol. The number of halogens is 1. The average Bonchev–Trinajstić information content (AvgIpc) is 3.03. The molecule has 2 aliphatic rings. The van der Waals surface area contributed by atoms with Crippen molar-refractivity contribution in [3.05, 3.63) is 0 Å². The number of hydrogen-bond acceptors (Lipinski definition) is 1. The molecule has 0 amide bonds. The molecule has 0 aromatic rings. The predicted octanol–water partition coefficient (Wildman–Crippen LogP) is 3.94. The van der Waals surface area contributed by atoms with E-state index in [-0.39, 0.29) is 5.60 Å². The minimum atomic E-state index is 0.272. The lowest BCUT2D eigenvalue weighted by Gasteiger charge is -2.35. The molecule has 0 unspecified atom stereocenters. The molecule has 0 spiro atoms. The first-order valence-electron chi connectivity index (χ1n) is 6.05. The van der Waals surface area contributed by atoms with Crippen LogP contribution in [0.3, 0.4) is 0 Å². The molecule has 0 saturated heterocycles. The van der Waals surface area contributed by atoms with Crippen LogP contribution in [0.15, 0.2) is 0 Å². The van der Waals surface area contributed by atoms with Gasteiger partial charge in [-0.25, -0.2) is 0 Å². The van der Waals surface area contributed by atoms with Gasteiger partial charge in [-0.3, -0.25) is 0 Å². The molecule has 2 fully saturated rings. The summed E-state index contributed by atoms with van der Waals surface area (Å²) in [5, 5.41) is 0. The highest BCUT2D eigenvalue weighted by atomic mass is 127. The van der Waals surface area contributed by atoms with Crippen molar-refractivity contribution >= 4 is 22.6 Å². The highest BCUT2D eigenvalue weighted by Gasteiger charge is 2.32. The molecular weight excluding hydrogens is 287 g/mol. The van der Waals surface area contributed by atoms with E-state index in [4.69, 9.17) is 4.74 Å². The maximum absolute atomic E-state index is 6.16. The van der Waals surface area contributed by atoms with Crippen molar-refractivity contribution in [3.63, 3.8) is 0 Å². The smallest absolute Gasteiger partial charge is 0.0771 e. The highest BCUT2D eigenvalue weighted by Crippen LogP contribution is 2.36. The van der Waals surface area contributed by atoms with Gasteiger partial charge in [0, 0.05) is 11.0 Å². The van der Waals surface area contributed by atoms with Gasteiger partial charge in [0.2, 0.25) is 0 Å². The molecule has 0 aromatic heterocycles. The van der Waals surface area contributed by atoms with Crippen molar-refractivity contribution < 1.29 is 4.74 Å². The van der Waals surface area contributed by atoms with Crippen LogP contribution in [0.25, 0.3) is 0 Å². The van der Waals surface area contributed by atoms with Crippen molar-refractivity contribution in [3.8, 4) is 0 Å². The molecule has 2 saturated carbocycles. The zero-order valence-corrected chi connectivity index (χ0v) is 11.1. The third kappa shape index (κ3) is 3.09. The Hall–Kier alpha value is 0.690. The molecule has 2 aliphatic carbocycles. The molecule has 2 heteroatoms.